The lowest BCUT2D eigenvalue weighted by molar-refractivity contribution is 0.100. The van der Waals surface area contributed by atoms with Gasteiger partial charge in [-0.15, -0.1) is 0 Å². The van der Waals surface area contributed by atoms with Crippen molar-refractivity contribution < 1.29 is 18.7 Å². The molecule has 0 N–H and O–H groups in total. The molecule has 74 valence electrons. The van der Waals surface area contributed by atoms with Crippen molar-refractivity contribution in [3.63, 3.8) is 0 Å². The Hall–Kier alpha value is -1.71. The van der Waals surface area contributed by atoms with Gasteiger partial charge in [-0.1, -0.05) is 0 Å². The number of carbonyl (C=O) groups is 2. The lowest BCUT2D eigenvalue weighted by Crippen LogP contribution is -2.03. The van der Waals surface area contributed by atoms with E-state index in [1.54, 1.807) is 0 Å². The van der Waals surface area contributed by atoms with Gasteiger partial charge in [0.15, 0.2) is 12.1 Å². The Morgan fingerprint density at radius 2 is 2.14 bits per heavy atom. The molecule has 0 amide bonds. The smallest absolute Gasteiger partial charge is 0.163 e. The number of aldehydes is 1. The zero-order valence-corrected chi connectivity index (χ0v) is 7.83. The van der Waals surface area contributed by atoms with Gasteiger partial charge in [0, 0.05) is 11.6 Å². The van der Waals surface area contributed by atoms with Crippen LogP contribution in [-0.2, 0) is 0 Å². The molecule has 0 bridgehead atoms. The van der Waals surface area contributed by atoms with Gasteiger partial charge in [-0.2, -0.15) is 0 Å². The lowest BCUT2D eigenvalue weighted by atomic mass is 10.0. The number of ketones is 1. The minimum absolute atomic E-state index is 0.00866. The third-order valence-corrected chi connectivity index (χ3v) is 1.81. The molecule has 0 atom stereocenters. The van der Waals surface area contributed by atoms with Crippen LogP contribution in [0.5, 0.6) is 5.75 Å². The van der Waals surface area contributed by atoms with E-state index in [2.05, 4.69) is 0 Å². The molecule has 0 unspecified atom stereocenters. The fourth-order valence-electron chi connectivity index (χ4n) is 1.18. The summed E-state index contributed by atoms with van der Waals surface area (Å²) < 4.78 is 18.0. The van der Waals surface area contributed by atoms with Gasteiger partial charge in [0.05, 0.1) is 12.7 Å². The molecule has 1 rings (SSSR count). The fraction of sp³-hybridized carbons (Fsp3) is 0.200. The number of halogens is 1. The highest BCUT2D eigenvalue weighted by Crippen LogP contribution is 2.20. The standard InChI is InChI=1S/C10H9FO3/c1-6(13)10-7(5-12)3-8(14-2)4-9(10)11/h3-5H,1-2H3. The largest absolute Gasteiger partial charge is 0.497 e. The first-order chi connectivity index (χ1) is 6.60. The number of hydrogen-bond acceptors (Lipinski definition) is 3. The van der Waals surface area contributed by atoms with Crippen LogP contribution in [0.25, 0.3) is 0 Å². The van der Waals surface area contributed by atoms with Crippen molar-refractivity contribution in [2.75, 3.05) is 7.11 Å². The van der Waals surface area contributed by atoms with Crippen LogP contribution in [0.1, 0.15) is 27.6 Å². The maximum Gasteiger partial charge on any atom is 0.163 e. The van der Waals surface area contributed by atoms with Gasteiger partial charge in [0.25, 0.3) is 0 Å². The van der Waals surface area contributed by atoms with Crippen LogP contribution >= 0.6 is 0 Å². The van der Waals surface area contributed by atoms with Gasteiger partial charge in [0.1, 0.15) is 11.6 Å². The van der Waals surface area contributed by atoms with Gasteiger partial charge in [-0.05, 0) is 13.0 Å². The van der Waals surface area contributed by atoms with Crippen molar-refractivity contribution in [1.29, 1.82) is 0 Å². The number of benzene rings is 1. The fourth-order valence-corrected chi connectivity index (χ4v) is 1.18. The van der Waals surface area contributed by atoms with E-state index in [0.717, 1.165) is 6.07 Å². The number of carbonyl (C=O) groups excluding carboxylic acids is 2. The van der Waals surface area contributed by atoms with Gasteiger partial charge >= 0.3 is 0 Å². The van der Waals surface area contributed by atoms with Gasteiger partial charge < -0.3 is 4.74 Å². The van der Waals surface area contributed by atoms with E-state index in [0.29, 0.717) is 6.29 Å². The minimum atomic E-state index is -0.737. The zero-order chi connectivity index (χ0) is 10.7. The van der Waals surface area contributed by atoms with Crippen molar-refractivity contribution in [3.8, 4) is 5.75 Å². The molecule has 0 aliphatic rings. The first-order valence-corrected chi connectivity index (χ1v) is 3.93. The summed E-state index contributed by atoms with van der Waals surface area (Å²) in [5.41, 5.74) is -0.185. The lowest BCUT2D eigenvalue weighted by Gasteiger charge is -2.05. The Bertz CT molecular complexity index is 385. The monoisotopic (exact) mass is 196 g/mol. The molecule has 0 saturated carbocycles. The summed E-state index contributed by atoms with van der Waals surface area (Å²) in [5.74, 6) is -0.999. The predicted octanol–water partition coefficient (Wildman–Crippen LogP) is 1.85. The summed E-state index contributed by atoms with van der Waals surface area (Å²) >= 11 is 0. The minimum Gasteiger partial charge on any atom is -0.497 e. The van der Waals surface area contributed by atoms with Crippen LogP contribution in [0, 0.1) is 5.82 Å². The molecule has 1 aromatic carbocycles. The Morgan fingerprint density at radius 1 is 1.50 bits per heavy atom. The van der Waals surface area contributed by atoms with Crippen LogP contribution in [0.2, 0.25) is 0 Å². The molecule has 14 heavy (non-hydrogen) atoms. The molecule has 0 saturated heterocycles. The van der Waals surface area contributed by atoms with E-state index in [1.165, 1.54) is 20.1 Å². The summed E-state index contributed by atoms with van der Waals surface area (Å²) in [6.07, 6.45) is 0.433. The second-order valence-electron chi connectivity index (χ2n) is 2.75. The maximum atomic E-state index is 13.3. The molecule has 0 heterocycles. The van der Waals surface area contributed by atoms with Gasteiger partial charge in [-0.25, -0.2) is 4.39 Å². The Balaban J connectivity index is 3.42. The number of rotatable bonds is 3. The summed E-state index contributed by atoms with van der Waals surface area (Å²) in [6, 6.07) is 2.40. The zero-order valence-electron chi connectivity index (χ0n) is 7.83. The van der Waals surface area contributed by atoms with E-state index in [9.17, 15) is 14.0 Å². The molecule has 0 fully saturated rings. The second kappa shape index (κ2) is 4.00. The molecule has 0 aromatic heterocycles. The van der Waals surface area contributed by atoms with Crippen molar-refractivity contribution in [3.05, 3.63) is 29.1 Å². The quantitative estimate of drug-likeness (QED) is 0.547. The SMILES string of the molecule is COc1cc(F)c(C(C)=O)c(C=O)c1. The summed E-state index contributed by atoms with van der Waals surface area (Å²) in [6.45, 7) is 1.21. The van der Waals surface area contributed by atoms with Crippen LogP contribution in [0.15, 0.2) is 12.1 Å². The van der Waals surface area contributed by atoms with E-state index in [-0.39, 0.29) is 16.9 Å². The van der Waals surface area contributed by atoms with Crippen molar-refractivity contribution in [2.24, 2.45) is 0 Å². The Labute approximate surface area is 80.5 Å². The maximum absolute atomic E-state index is 13.3. The Kier molecular flexibility index (Phi) is 2.96. The van der Waals surface area contributed by atoms with E-state index in [4.69, 9.17) is 4.74 Å². The van der Waals surface area contributed by atoms with Crippen LogP contribution in [0.4, 0.5) is 4.39 Å². The summed E-state index contributed by atoms with van der Waals surface area (Å²) in [5, 5.41) is 0. The van der Waals surface area contributed by atoms with Crippen LogP contribution < -0.4 is 4.74 Å². The van der Waals surface area contributed by atoms with Crippen molar-refractivity contribution >= 4 is 12.1 Å². The van der Waals surface area contributed by atoms with Crippen molar-refractivity contribution in [2.45, 2.75) is 6.92 Å². The second-order valence-corrected chi connectivity index (χ2v) is 2.75. The molecule has 0 spiro atoms. The first kappa shape index (κ1) is 10.4. The average molecular weight is 196 g/mol. The predicted molar refractivity (Wildman–Crippen MR) is 48.3 cm³/mol. The number of hydrogen-bond donors (Lipinski definition) is 0. The van der Waals surface area contributed by atoms with Gasteiger partial charge in [0.2, 0.25) is 0 Å². The number of ether oxygens (including phenoxy) is 1. The molecule has 4 heteroatoms. The van der Waals surface area contributed by atoms with Crippen molar-refractivity contribution in [1.82, 2.24) is 0 Å². The third kappa shape index (κ3) is 1.79. The highest BCUT2D eigenvalue weighted by atomic mass is 19.1. The van der Waals surface area contributed by atoms with E-state index < -0.39 is 11.6 Å². The Morgan fingerprint density at radius 3 is 2.57 bits per heavy atom. The molecule has 0 aliphatic carbocycles. The molecule has 1 aromatic rings. The molecule has 3 nitrogen and oxygen atoms in total. The number of Topliss-reactive ketones (excluding diaryl/α,β-unsaturated/α-hetero) is 1. The third-order valence-electron chi connectivity index (χ3n) is 1.81. The highest BCUT2D eigenvalue weighted by molar-refractivity contribution is 6.01. The highest BCUT2D eigenvalue weighted by Gasteiger charge is 2.14. The molecular weight excluding hydrogens is 187 g/mol. The van der Waals surface area contributed by atoms with Gasteiger partial charge in [-0.3, -0.25) is 9.59 Å². The first-order valence-electron chi connectivity index (χ1n) is 3.93. The normalized spacial score (nSPS) is 9.64. The van der Waals surface area contributed by atoms with Crippen LogP contribution in [-0.4, -0.2) is 19.2 Å². The topological polar surface area (TPSA) is 43.4 Å². The van der Waals surface area contributed by atoms with E-state index in [1.807, 2.05) is 0 Å². The summed E-state index contributed by atoms with van der Waals surface area (Å²) in [7, 11) is 1.36. The van der Waals surface area contributed by atoms with E-state index >= 15 is 0 Å². The summed E-state index contributed by atoms with van der Waals surface area (Å²) in [4.78, 5) is 21.6. The molecular formula is C10H9FO3. The van der Waals surface area contributed by atoms with Crippen LogP contribution in [0.3, 0.4) is 0 Å². The average Bonchev–Trinajstić information content (AvgIpc) is 2.15. The molecule has 0 radical (unpaired) electrons. The number of methoxy groups -OCH3 is 1. The molecule has 0 aliphatic heterocycles.